The maximum atomic E-state index is 12.4. The van der Waals surface area contributed by atoms with Crippen LogP contribution in [0.3, 0.4) is 0 Å². The monoisotopic (exact) mass is 1220 g/mol. The Morgan fingerprint density at radius 2 is 1.04 bits per heavy atom. The van der Waals surface area contributed by atoms with Crippen LogP contribution in [-0.4, -0.2) is 62.5 Å². The van der Waals surface area contributed by atoms with Crippen LogP contribution in [0.25, 0.3) is 0 Å². The summed E-state index contributed by atoms with van der Waals surface area (Å²) in [4.78, 5) is 4.00. The number of hydrogen-bond acceptors (Lipinski definition) is 7. The Morgan fingerprint density at radius 1 is 0.583 bits per heavy atom. The average Bonchev–Trinajstić information content (AvgIpc) is 1.37. The van der Waals surface area contributed by atoms with Gasteiger partial charge in [-0.25, -0.2) is 0 Å². The summed E-state index contributed by atoms with van der Waals surface area (Å²) < 4.78 is 42.6. The molecule has 0 aliphatic heterocycles. The van der Waals surface area contributed by atoms with E-state index in [4.69, 9.17) is 42.0 Å². The molecule has 1 aromatic carbocycles. The summed E-state index contributed by atoms with van der Waals surface area (Å²) in [5.74, 6) is 10.6. The molecular weight excluding hydrogens is 1100 g/mol. The van der Waals surface area contributed by atoms with Gasteiger partial charge in [0.1, 0.15) is 0 Å². The maximum absolute atomic E-state index is 12.4. The third-order valence-corrected chi connectivity index (χ3v) is 25.3. The predicted molar refractivity (Wildman–Crippen MR) is 354 cm³/mol. The summed E-state index contributed by atoms with van der Waals surface area (Å²) in [5, 5.41) is 9.27. The number of allylic oxidation sites excluding steroid dienone is 2. The number of aliphatic hydroxyl groups excluding tert-OH is 1. The quantitative estimate of drug-likeness (QED) is 0.0576. The Kier molecular flexibility index (Phi) is 27.8. The van der Waals surface area contributed by atoms with Gasteiger partial charge >= 0.3 is 0 Å². The summed E-state index contributed by atoms with van der Waals surface area (Å²) in [7, 11) is -3.71. The average molecular weight is 1220 g/mol. The second-order valence-corrected chi connectivity index (χ2v) is 32.1. The van der Waals surface area contributed by atoms with Gasteiger partial charge < -0.3 is 14.6 Å². The molecule has 10 heteroatoms. The largest absolute Gasteiger partial charge is 0.396 e. The van der Waals surface area contributed by atoms with Gasteiger partial charge in [0.15, 0.2) is 0 Å². The molecule has 10 rings (SSSR count). The zero-order chi connectivity index (χ0) is 60.0. The highest BCUT2D eigenvalue weighted by molar-refractivity contribution is 7.86. The van der Waals surface area contributed by atoms with E-state index in [2.05, 4.69) is 86.4 Å². The Hall–Kier alpha value is -1.78. The Balaban J connectivity index is 0.000000238. The zero-order valence-corrected chi connectivity index (χ0v) is 56.4. The molecule has 0 saturated heterocycles. The van der Waals surface area contributed by atoms with Crippen LogP contribution in [-0.2, 0) is 23.8 Å². The van der Waals surface area contributed by atoms with Crippen molar-refractivity contribution >= 4 is 33.3 Å². The molecule has 2 aromatic rings. The van der Waals surface area contributed by atoms with Crippen molar-refractivity contribution in [2.24, 2.45) is 92.7 Å². The molecule has 478 valence electrons. The molecule has 0 radical (unpaired) electrons. The van der Waals surface area contributed by atoms with Crippen molar-refractivity contribution in [3.63, 3.8) is 0 Å². The molecule has 1 heterocycles. The van der Waals surface area contributed by atoms with Gasteiger partial charge in [-0.1, -0.05) is 162 Å². The van der Waals surface area contributed by atoms with Crippen LogP contribution < -0.4 is 0 Å². The molecule has 1 N–H and O–H groups in total. The van der Waals surface area contributed by atoms with E-state index >= 15 is 0 Å². The molecule has 1 aromatic heterocycles. The first-order chi connectivity index (χ1) is 39.6. The highest BCUT2D eigenvalue weighted by Crippen LogP contribution is 2.69. The second kappa shape index (κ2) is 32.8. The topological polar surface area (TPSA) is 95.0 Å². The van der Waals surface area contributed by atoms with Gasteiger partial charge in [-0.15, -0.1) is 23.2 Å². The van der Waals surface area contributed by atoms with E-state index in [-0.39, 0.29) is 37.0 Å². The van der Waals surface area contributed by atoms with Gasteiger partial charge in [0.25, 0.3) is 10.1 Å². The van der Waals surface area contributed by atoms with Crippen molar-refractivity contribution in [1.29, 1.82) is 0 Å². The SMILES string of the molecule is C.CC(C)CCC[C@@H](C)[C@H]1CCC2C3CC=C4C[C@@H](OCCCO)CC[C@]4(C)C3CC[C@@]21C.Cc1ccc(S(=O)(=O)OCCCO[C@H]2CC[C@@]3(C)C(=CCC4C3CC[C@@]3(C)C4CC[C@@H]3[C@H](C)CCCC(C)C)C2)cc1.ClCCl.c1ccncc1. The zero-order valence-electron chi connectivity index (χ0n) is 54.0. The van der Waals surface area contributed by atoms with Gasteiger partial charge in [-0.2, -0.15) is 8.42 Å². The Morgan fingerprint density at radius 3 is 1.44 bits per heavy atom. The number of benzene rings is 1. The van der Waals surface area contributed by atoms with E-state index in [1.54, 1.807) is 47.8 Å². The number of ether oxygens (including phenoxy) is 2. The molecule has 8 aliphatic carbocycles. The number of halogens is 2. The summed E-state index contributed by atoms with van der Waals surface area (Å²) in [5.41, 5.74) is 6.28. The number of alkyl halides is 2. The number of aliphatic hydroxyl groups is 1. The molecule has 7 nitrogen and oxygen atoms in total. The van der Waals surface area contributed by atoms with Crippen molar-refractivity contribution in [2.75, 3.05) is 31.8 Å². The summed E-state index contributed by atoms with van der Waals surface area (Å²) >= 11 is 9.53. The summed E-state index contributed by atoms with van der Waals surface area (Å²) in [6, 6.07) is 12.5. The minimum absolute atomic E-state index is 0. The normalized spacial score (nSPS) is 34.5. The fourth-order valence-electron chi connectivity index (χ4n) is 19.5. The van der Waals surface area contributed by atoms with Gasteiger partial charge in [0.05, 0.1) is 29.0 Å². The first kappa shape index (κ1) is 71.3. The van der Waals surface area contributed by atoms with Gasteiger partial charge in [0, 0.05) is 32.2 Å². The minimum atomic E-state index is -3.71. The van der Waals surface area contributed by atoms with Crippen molar-refractivity contribution in [2.45, 2.75) is 255 Å². The lowest BCUT2D eigenvalue weighted by Crippen LogP contribution is -2.51. The van der Waals surface area contributed by atoms with Crippen LogP contribution in [0.15, 0.2) is 83.1 Å². The second-order valence-electron chi connectivity index (χ2n) is 29.7. The highest BCUT2D eigenvalue weighted by Gasteiger charge is 2.61. The predicted octanol–water partition coefficient (Wildman–Crippen LogP) is 20.5. The number of rotatable bonds is 21. The fourth-order valence-corrected chi connectivity index (χ4v) is 20.4. The lowest BCUT2D eigenvalue weighted by atomic mass is 9.47. The van der Waals surface area contributed by atoms with Crippen molar-refractivity contribution < 1.29 is 27.2 Å². The van der Waals surface area contributed by atoms with E-state index in [0.29, 0.717) is 47.4 Å². The maximum Gasteiger partial charge on any atom is 0.296 e. The first-order valence-electron chi connectivity index (χ1n) is 33.8. The van der Waals surface area contributed by atoms with Crippen LogP contribution in [0.2, 0.25) is 0 Å². The number of aromatic nitrogens is 1. The smallest absolute Gasteiger partial charge is 0.296 e. The van der Waals surface area contributed by atoms with Crippen LogP contribution >= 0.6 is 23.2 Å². The van der Waals surface area contributed by atoms with Crippen LogP contribution in [0.5, 0.6) is 0 Å². The fraction of sp³-hybridized carbons (Fsp3) is 0.797. The minimum Gasteiger partial charge on any atom is -0.396 e. The molecule has 8 aliphatic rings. The van der Waals surface area contributed by atoms with Crippen LogP contribution in [0.1, 0.15) is 236 Å². The molecule has 6 saturated carbocycles. The summed E-state index contributed by atoms with van der Waals surface area (Å²) in [6.07, 6.45) is 40.5. The van der Waals surface area contributed by atoms with E-state index in [1.165, 1.54) is 122 Å². The number of aryl methyl sites for hydroxylation is 1. The molecule has 6 fully saturated rings. The molecule has 0 bridgehead atoms. The molecular formula is C74H121Cl2NO6S. The number of pyridine rings is 1. The van der Waals surface area contributed by atoms with Crippen LogP contribution in [0, 0.1) is 99.6 Å². The van der Waals surface area contributed by atoms with Gasteiger partial charge in [-0.05, 0) is 239 Å². The lowest BCUT2D eigenvalue weighted by molar-refractivity contribution is -0.0645. The number of nitrogens with zero attached hydrogens (tertiary/aromatic N) is 1. The van der Waals surface area contributed by atoms with Crippen LogP contribution in [0.4, 0.5) is 0 Å². The van der Waals surface area contributed by atoms with Crippen molar-refractivity contribution in [1.82, 2.24) is 4.98 Å². The number of hydrogen-bond donors (Lipinski definition) is 1. The molecule has 0 amide bonds. The molecule has 16 atom stereocenters. The third kappa shape index (κ3) is 17.4. The number of fused-ring (bicyclic) bond motifs is 10. The van der Waals surface area contributed by atoms with E-state index in [0.717, 1.165) is 102 Å². The van der Waals surface area contributed by atoms with Crippen molar-refractivity contribution in [3.05, 3.63) is 83.7 Å². The Labute approximate surface area is 525 Å². The van der Waals surface area contributed by atoms with Gasteiger partial charge in [-0.3, -0.25) is 9.17 Å². The van der Waals surface area contributed by atoms with E-state index in [9.17, 15) is 8.42 Å². The molecule has 0 spiro atoms. The van der Waals surface area contributed by atoms with Crippen molar-refractivity contribution in [3.8, 4) is 0 Å². The van der Waals surface area contributed by atoms with E-state index < -0.39 is 10.1 Å². The van der Waals surface area contributed by atoms with Gasteiger partial charge in [0.2, 0.25) is 0 Å². The Bertz CT molecular complexity index is 2390. The summed E-state index contributed by atoms with van der Waals surface area (Å²) in [6.45, 7) is 28.8. The molecule has 6 unspecified atom stereocenters. The molecule has 84 heavy (non-hydrogen) atoms. The standard InChI is InChI=1S/C37H58O4S.C30H52O2.C5H5N.CH2Cl2.CH4/c1-26(2)9-7-10-28(4)33-17-18-34-32-16-13-29-25-30(19-21-36(29,5)35(32)20-22-37(33,34)6)40-23-8-24-41-42(38,39)31-14-11-27(3)12-15-31;1-21(2)8-6-9-22(3)26-12-13-27-25-11-10-23-20-24(32-19-7-18-31)14-16-29(23,4)28(25)15-17-30(26,27)5;1-2-4-6-5-3-1;2-1-3;/h11-15,26,28,30,32-35H,7-10,16-25H2,1-6H3;10,21-22,24-28,31H,6-9,11-20H2,1-5H3;1-5H;1H2;1H4/t28-,30+,32?,33-,34?,35?,36+,37-;22-,24+,25?,26-,27?,28?,29+,30-;;;/m11.../s1. The van der Waals surface area contributed by atoms with E-state index in [1.807, 2.05) is 25.1 Å². The highest BCUT2D eigenvalue weighted by atomic mass is 35.5. The first-order valence-corrected chi connectivity index (χ1v) is 36.3. The third-order valence-electron chi connectivity index (χ3n) is 23.9. The lowest BCUT2D eigenvalue weighted by Gasteiger charge is -2.58.